The molecule has 0 unspecified atom stereocenters. The molecule has 0 aliphatic heterocycles. The summed E-state index contributed by atoms with van der Waals surface area (Å²) in [6, 6.07) is 5.87. The van der Waals surface area contributed by atoms with Crippen LogP contribution in [0, 0.1) is 17.8 Å². The molecule has 0 saturated heterocycles. The van der Waals surface area contributed by atoms with Gasteiger partial charge in [-0.3, -0.25) is 0 Å². The summed E-state index contributed by atoms with van der Waals surface area (Å²) in [5.74, 6) is 2.83. The maximum Gasteiger partial charge on any atom is 0.416 e. The highest BCUT2D eigenvalue weighted by Gasteiger charge is 2.32. The average molecular weight is 391 g/mol. The molecule has 2 aliphatic rings. The summed E-state index contributed by atoms with van der Waals surface area (Å²) < 4.78 is 38.2. The Balaban J connectivity index is 1.46. The van der Waals surface area contributed by atoms with E-state index in [2.05, 4.69) is 32.1 Å². The molecule has 0 amide bonds. The van der Waals surface area contributed by atoms with Gasteiger partial charge >= 0.3 is 6.18 Å². The van der Waals surface area contributed by atoms with Gasteiger partial charge in [-0.1, -0.05) is 35.9 Å². The molecule has 28 heavy (non-hydrogen) atoms. The number of allylic oxidation sites excluding steroid dienone is 4. The van der Waals surface area contributed by atoms with Crippen LogP contribution in [0.25, 0.3) is 0 Å². The Bertz CT molecular complexity index is 661. The SMILES string of the molecule is CC(C)=C/C=C/C1CCC(C2CCC(c3ccc(C(F)(F)F)cc3)CC2)CC1. The van der Waals surface area contributed by atoms with E-state index in [0.717, 1.165) is 36.2 Å². The first kappa shape index (κ1) is 21.2. The van der Waals surface area contributed by atoms with Gasteiger partial charge in [-0.15, -0.1) is 0 Å². The Labute approximate surface area is 167 Å². The van der Waals surface area contributed by atoms with E-state index in [-0.39, 0.29) is 0 Å². The van der Waals surface area contributed by atoms with Crippen LogP contribution in [0.3, 0.4) is 0 Å². The van der Waals surface area contributed by atoms with Gasteiger partial charge in [-0.25, -0.2) is 0 Å². The average Bonchev–Trinajstić information content (AvgIpc) is 2.68. The summed E-state index contributed by atoms with van der Waals surface area (Å²) in [7, 11) is 0. The van der Waals surface area contributed by atoms with E-state index in [1.807, 2.05) is 0 Å². The standard InChI is InChI=1S/C25H33F3/c1-18(2)4-3-5-19-6-8-20(9-7-19)21-10-12-22(13-11-21)23-14-16-24(17-15-23)25(26,27)28/h3-5,14-17,19-22H,6-13H2,1-2H3/b5-3+. The molecule has 2 aliphatic carbocycles. The van der Waals surface area contributed by atoms with Crippen LogP contribution in [0.4, 0.5) is 13.2 Å². The minimum Gasteiger partial charge on any atom is -0.166 e. The largest absolute Gasteiger partial charge is 0.416 e. The second-order valence-electron chi connectivity index (χ2n) is 9.04. The predicted octanol–water partition coefficient (Wildman–Crippen LogP) is 8.31. The maximum atomic E-state index is 12.7. The van der Waals surface area contributed by atoms with E-state index in [1.54, 1.807) is 12.1 Å². The van der Waals surface area contributed by atoms with Gasteiger partial charge in [0.1, 0.15) is 0 Å². The first-order chi connectivity index (χ1) is 13.3. The molecule has 0 spiro atoms. The van der Waals surface area contributed by atoms with E-state index in [0.29, 0.717) is 5.92 Å². The van der Waals surface area contributed by atoms with Crippen molar-refractivity contribution in [2.24, 2.45) is 17.8 Å². The molecular formula is C25H33F3. The van der Waals surface area contributed by atoms with Crippen LogP contribution >= 0.6 is 0 Å². The van der Waals surface area contributed by atoms with Crippen molar-refractivity contribution in [2.75, 3.05) is 0 Å². The maximum absolute atomic E-state index is 12.7. The molecule has 3 rings (SSSR count). The molecule has 0 N–H and O–H groups in total. The van der Waals surface area contributed by atoms with Crippen molar-refractivity contribution < 1.29 is 13.2 Å². The highest BCUT2D eigenvalue weighted by Crippen LogP contribution is 2.44. The lowest BCUT2D eigenvalue weighted by atomic mass is 9.68. The summed E-state index contributed by atoms with van der Waals surface area (Å²) in [4.78, 5) is 0. The molecule has 0 heterocycles. The minimum absolute atomic E-state index is 0.432. The van der Waals surface area contributed by atoms with Crippen molar-refractivity contribution in [1.29, 1.82) is 0 Å². The molecule has 0 bridgehead atoms. The second kappa shape index (κ2) is 9.33. The van der Waals surface area contributed by atoms with E-state index >= 15 is 0 Å². The van der Waals surface area contributed by atoms with Crippen LogP contribution in [0.15, 0.2) is 48.1 Å². The fourth-order valence-corrected chi connectivity index (χ4v) is 5.08. The Morgan fingerprint density at radius 1 is 0.821 bits per heavy atom. The van der Waals surface area contributed by atoms with Crippen molar-refractivity contribution in [1.82, 2.24) is 0 Å². The normalized spacial score (nSPS) is 29.0. The summed E-state index contributed by atoms with van der Waals surface area (Å²) in [5.41, 5.74) is 1.88. The van der Waals surface area contributed by atoms with Crippen LogP contribution in [0.5, 0.6) is 0 Å². The first-order valence-corrected chi connectivity index (χ1v) is 10.8. The highest BCUT2D eigenvalue weighted by atomic mass is 19.4. The lowest BCUT2D eigenvalue weighted by Gasteiger charge is -2.37. The van der Waals surface area contributed by atoms with Gasteiger partial charge in [-0.2, -0.15) is 13.2 Å². The van der Waals surface area contributed by atoms with E-state index in [1.165, 1.54) is 56.2 Å². The monoisotopic (exact) mass is 390 g/mol. The second-order valence-corrected chi connectivity index (χ2v) is 9.04. The number of alkyl halides is 3. The Morgan fingerprint density at radius 2 is 1.36 bits per heavy atom. The lowest BCUT2D eigenvalue weighted by molar-refractivity contribution is -0.137. The van der Waals surface area contributed by atoms with Crippen LogP contribution in [0.2, 0.25) is 0 Å². The topological polar surface area (TPSA) is 0 Å². The Kier molecular flexibility index (Phi) is 7.06. The molecule has 0 atom stereocenters. The smallest absolute Gasteiger partial charge is 0.166 e. The van der Waals surface area contributed by atoms with Gasteiger partial charge in [0.15, 0.2) is 0 Å². The molecule has 3 heteroatoms. The van der Waals surface area contributed by atoms with E-state index in [9.17, 15) is 13.2 Å². The van der Waals surface area contributed by atoms with Gasteiger partial charge in [0.2, 0.25) is 0 Å². The molecule has 0 nitrogen and oxygen atoms in total. The molecule has 1 aromatic carbocycles. The fraction of sp³-hybridized carbons (Fsp3) is 0.600. The molecule has 2 fully saturated rings. The zero-order valence-electron chi connectivity index (χ0n) is 17.1. The third kappa shape index (κ3) is 5.75. The summed E-state index contributed by atoms with van der Waals surface area (Å²) >= 11 is 0. The zero-order valence-corrected chi connectivity index (χ0v) is 17.1. The quantitative estimate of drug-likeness (QED) is 0.453. The van der Waals surface area contributed by atoms with Gasteiger partial charge in [-0.05, 0) is 107 Å². The summed E-state index contributed by atoms with van der Waals surface area (Å²) in [6.07, 6.45) is 12.5. The lowest BCUT2D eigenvalue weighted by Crippen LogP contribution is -2.25. The van der Waals surface area contributed by atoms with Crippen molar-refractivity contribution in [2.45, 2.75) is 77.3 Å². The van der Waals surface area contributed by atoms with Crippen LogP contribution in [0.1, 0.15) is 82.3 Å². The third-order valence-corrected chi connectivity index (χ3v) is 6.78. The predicted molar refractivity (Wildman–Crippen MR) is 110 cm³/mol. The Hall–Kier alpha value is -1.51. The van der Waals surface area contributed by atoms with Crippen molar-refractivity contribution in [3.8, 4) is 0 Å². The number of halogens is 3. The molecule has 1 aromatic rings. The number of rotatable bonds is 4. The third-order valence-electron chi connectivity index (χ3n) is 6.78. The molecule has 2 saturated carbocycles. The minimum atomic E-state index is -4.24. The van der Waals surface area contributed by atoms with E-state index < -0.39 is 11.7 Å². The molecule has 0 radical (unpaired) electrons. The van der Waals surface area contributed by atoms with Crippen molar-refractivity contribution in [3.05, 3.63) is 59.2 Å². The zero-order chi connectivity index (χ0) is 20.1. The van der Waals surface area contributed by atoms with Crippen LogP contribution in [-0.2, 0) is 6.18 Å². The number of hydrogen-bond donors (Lipinski definition) is 0. The van der Waals surface area contributed by atoms with Crippen molar-refractivity contribution >= 4 is 0 Å². The summed E-state index contributed by atoms with van der Waals surface area (Å²) in [6.45, 7) is 4.25. The van der Waals surface area contributed by atoms with Gasteiger partial charge in [0, 0.05) is 0 Å². The van der Waals surface area contributed by atoms with Gasteiger partial charge in [0.05, 0.1) is 5.56 Å². The van der Waals surface area contributed by atoms with E-state index in [4.69, 9.17) is 0 Å². The first-order valence-electron chi connectivity index (χ1n) is 10.8. The van der Waals surface area contributed by atoms with Crippen molar-refractivity contribution in [3.63, 3.8) is 0 Å². The summed E-state index contributed by atoms with van der Waals surface area (Å²) in [5, 5.41) is 0. The van der Waals surface area contributed by atoms with Crippen LogP contribution < -0.4 is 0 Å². The molecular weight excluding hydrogens is 357 g/mol. The molecule has 0 aromatic heterocycles. The fourth-order valence-electron chi connectivity index (χ4n) is 5.08. The number of hydrogen-bond acceptors (Lipinski definition) is 0. The van der Waals surface area contributed by atoms with Gasteiger partial charge in [0.25, 0.3) is 0 Å². The Morgan fingerprint density at radius 3 is 1.86 bits per heavy atom. The van der Waals surface area contributed by atoms with Gasteiger partial charge < -0.3 is 0 Å². The molecule has 154 valence electrons. The van der Waals surface area contributed by atoms with Crippen LogP contribution in [-0.4, -0.2) is 0 Å². The highest BCUT2D eigenvalue weighted by molar-refractivity contribution is 5.27. The number of benzene rings is 1.